The van der Waals surface area contributed by atoms with Crippen molar-refractivity contribution in [2.45, 2.75) is 38.1 Å². The van der Waals surface area contributed by atoms with E-state index >= 15 is 0 Å². The van der Waals surface area contributed by atoms with Gasteiger partial charge in [0.2, 0.25) is 0 Å². The Morgan fingerprint density at radius 1 is 1.70 bits per heavy atom. The molecule has 0 saturated carbocycles. The lowest BCUT2D eigenvalue weighted by Crippen LogP contribution is -2.23. The van der Waals surface area contributed by atoms with Gasteiger partial charge in [-0.3, -0.25) is 0 Å². The fourth-order valence-corrected chi connectivity index (χ4v) is 1.17. The molecule has 1 aliphatic rings. The standard InChI is InChI=1S/C8H12O2/c1-3-7(9)8-5-4-6(2)10-8/h1,6-9H,4-5H2,2H3/t6?,7-,8?/m0/s1. The Morgan fingerprint density at radius 2 is 2.40 bits per heavy atom. The van der Waals surface area contributed by atoms with Gasteiger partial charge in [-0.05, 0) is 19.8 Å². The lowest BCUT2D eigenvalue weighted by Gasteiger charge is -2.12. The quantitative estimate of drug-likeness (QED) is 0.539. The topological polar surface area (TPSA) is 29.5 Å². The van der Waals surface area contributed by atoms with Crippen LogP contribution in [-0.2, 0) is 4.74 Å². The predicted molar refractivity (Wildman–Crippen MR) is 38.4 cm³/mol. The number of hydrogen-bond acceptors (Lipinski definition) is 2. The molecule has 1 rings (SSSR count). The molecule has 56 valence electrons. The maximum absolute atomic E-state index is 9.11. The largest absolute Gasteiger partial charge is 0.378 e. The summed E-state index contributed by atoms with van der Waals surface area (Å²) in [5.41, 5.74) is 0. The molecule has 0 radical (unpaired) electrons. The first-order chi connectivity index (χ1) is 4.74. The van der Waals surface area contributed by atoms with Crippen LogP contribution in [0.3, 0.4) is 0 Å². The van der Waals surface area contributed by atoms with Crippen LogP contribution < -0.4 is 0 Å². The van der Waals surface area contributed by atoms with Crippen molar-refractivity contribution in [2.75, 3.05) is 0 Å². The van der Waals surface area contributed by atoms with Gasteiger partial charge in [0.1, 0.15) is 6.10 Å². The highest BCUT2D eigenvalue weighted by Crippen LogP contribution is 2.21. The molecule has 2 unspecified atom stereocenters. The van der Waals surface area contributed by atoms with E-state index in [1.54, 1.807) is 0 Å². The minimum atomic E-state index is -0.718. The predicted octanol–water partition coefficient (Wildman–Crippen LogP) is 0.548. The molecule has 10 heavy (non-hydrogen) atoms. The van der Waals surface area contributed by atoms with E-state index in [0.29, 0.717) is 0 Å². The van der Waals surface area contributed by atoms with Gasteiger partial charge in [-0.25, -0.2) is 0 Å². The molecule has 0 spiro atoms. The average Bonchev–Trinajstić information content (AvgIpc) is 2.34. The third-order valence-electron chi connectivity index (χ3n) is 1.79. The van der Waals surface area contributed by atoms with Crippen molar-refractivity contribution in [3.63, 3.8) is 0 Å². The highest BCUT2D eigenvalue weighted by atomic mass is 16.5. The Balaban J connectivity index is 2.39. The van der Waals surface area contributed by atoms with Gasteiger partial charge in [0.05, 0.1) is 12.2 Å². The minimum Gasteiger partial charge on any atom is -0.378 e. The maximum atomic E-state index is 9.11. The van der Waals surface area contributed by atoms with E-state index in [9.17, 15) is 0 Å². The van der Waals surface area contributed by atoms with E-state index in [4.69, 9.17) is 16.3 Å². The molecular formula is C8H12O2. The van der Waals surface area contributed by atoms with E-state index < -0.39 is 6.10 Å². The fraction of sp³-hybridized carbons (Fsp3) is 0.750. The van der Waals surface area contributed by atoms with Gasteiger partial charge in [-0.15, -0.1) is 6.42 Å². The van der Waals surface area contributed by atoms with Gasteiger partial charge >= 0.3 is 0 Å². The Labute approximate surface area is 61.2 Å². The molecule has 0 aromatic carbocycles. The Bertz CT molecular complexity index is 148. The molecule has 0 aromatic rings. The van der Waals surface area contributed by atoms with Crippen molar-refractivity contribution >= 4 is 0 Å². The fourth-order valence-electron chi connectivity index (χ4n) is 1.17. The van der Waals surface area contributed by atoms with Crippen molar-refractivity contribution in [3.05, 3.63) is 0 Å². The molecule has 1 heterocycles. The zero-order chi connectivity index (χ0) is 7.56. The Morgan fingerprint density at radius 3 is 2.80 bits per heavy atom. The van der Waals surface area contributed by atoms with Crippen LogP contribution in [0.25, 0.3) is 0 Å². The molecule has 1 fully saturated rings. The van der Waals surface area contributed by atoms with Crippen LogP contribution in [0.1, 0.15) is 19.8 Å². The van der Waals surface area contributed by atoms with Crippen molar-refractivity contribution < 1.29 is 9.84 Å². The van der Waals surface area contributed by atoms with Gasteiger partial charge in [-0.2, -0.15) is 0 Å². The number of aliphatic hydroxyl groups excluding tert-OH is 1. The second-order valence-corrected chi connectivity index (χ2v) is 2.67. The number of rotatable bonds is 1. The van der Waals surface area contributed by atoms with Gasteiger partial charge < -0.3 is 9.84 Å². The monoisotopic (exact) mass is 140 g/mol. The van der Waals surface area contributed by atoms with E-state index in [2.05, 4.69) is 5.92 Å². The lowest BCUT2D eigenvalue weighted by atomic mass is 10.1. The molecule has 0 aromatic heterocycles. The van der Waals surface area contributed by atoms with E-state index in [-0.39, 0.29) is 12.2 Å². The molecule has 2 heteroatoms. The molecule has 1 aliphatic heterocycles. The summed E-state index contributed by atoms with van der Waals surface area (Å²) in [7, 11) is 0. The van der Waals surface area contributed by atoms with E-state index in [1.807, 2.05) is 6.92 Å². The minimum absolute atomic E-state index is 0.125. The average molecular weight is 140 g/mol. The molecule has 2 nitrogen and oxygen atoms in total. The zero-order valence-corrected chi connectivity index (χ0v) is 6.08. The third-order valence-corrected chi connectivity index (χ3v) is 1.79. The van der Waals surface area contributed by atoms with Crippen LogP contribution in [-0.4, -0.2) is 23.4 Å². The lowest BCUT2D eigenvalue weighted by molar-refractivity contribution is -0.00523. The van der Waals surface area contributed by atoms with E-state index in [1.165, 1.54) is 0 Å². The molecule has 1 N–H and O–H groups in total. The normalized spacial score (nSPS) is 35.3. The molecule has 1 saturated heterocycles. The summed E-state index contributed by atoms with van der Waals surface area (Å²) in [6, 6.07) is 0. The smallest absolute Gasteiger partial charge is 0.140 e. The highest BCUT2D eigenvalue weighted by molar-refractivity contribution is 4.99. The molecule has 0 bridgehead atoms. The number of terminal acetylenes is 1. The summed E-state index contributed by atoms with van der Waals surface area (Å²) in [6.45, 7) is 1.99. The van der Waals surface area contributed by atoms with Gasteiger partial charge in [0.25, 0.3) is 0 Å². The maximum Gasteiger partial charge on any atom is 0.140 e. The van der Waals surface area contributed by atoms with Crippen LogP contribution in [0.4, 0.5) is 0 Å². The SMILES string of the molecule is C#C[C@H](O)C1CCC(C)O1. The van der Waals surface area contributed by atoms with Crippen molar-refractivity contribution in [1.29, 1.82) is 0 Å². The summed E-state index contributed by atoms with van der Waals surface area (Å²) in [6.07, 6.45) is 6.32. The van der Waals surface area contributed by atoms with Crippen LogP contribution >= 0.6 is 0 Å². The summed E-state index contributed by atoms with van der Waals surface area (Å²) < 4.78 is 5.32. The molecule has 0 aliphatic carbocycles. The number of hydrogen-bond donors (Lipinski definition) is 1. The van der Waals surface area contributed by atoms with Crippen molar-refractivity contribution in [3.8, 4) is 12.3 Å². The van der Waals surface area contributed by atoms with Crippen LogP contribution in [0.15, 0.2) is 0 Å². The summed E-state index contributed by atoms with van der Waals surface area (Å²) >= 11 is 0. The second-order valence-electron chi connectivity index (χ2n) is 2.67. The van der Waals surface area contributed by atoms with Crippen LogP contribution in [0.5, 0.6) is 0 Å². The molecular weight excluding hydrogens is 128 g/mol. The first-order valence-corrected chi connectivity index (χ1v) is 3.53. The molecule has 0 amide bonds. The summed E-state index contributed by atoms with van der Waals surface area (Å²) in [5.74, 6) is 2.26. The highest BCUT2D eigenvalue weighted by Gasteiger charge is 2.26. The Hall–Kier alpha value is -0.520. The zero-order valence-electron chi connectivity index (χ0n) is 6.08. The van der Waals surface area contributed by atoms with E-state index in [0.717, 1.165) is 12.8 Å². The van der Waals surface area contributed by atoms with Crippen molar-refractivity contribution in [1.82, 2.24) is 0 Å². The molecule has 3 atom stereocenters. The van der Waals surface area contributed by atoms with Gasteiger partial charge in [0.15, 0.2) is 0 Å². The van der Waals surface area contributed by atoms with Crippen molar-refractivity contribution in [2.24, 2.45) is 0 Å². The summed E-state index contributed by atoms with van der Waals surface area (Å²) in [5, 5.41) is 9.11. The third kappa shape index (κ3) is 1.50. The Kier molecular flexibility index (Phi) is 2.31. The van der Waals surface area contributed by atoms with Crippen LogP contribution in [0.2, 0.25) is 0 Å². The first-order valence-electron chi connectivity index (χ1n) is 3.53. The van der Waals surface area contributed by atoms with Gasteiger partial charge in [0, 0.05) is 0 Å². The number of ether oxygens (including phenoxy) is 1. The number of aliphatic hydroxyl groups is 1. The first kappa shape index (κ1) is 7.59. The van der Waals surface area contributed by atoms with Gasteiger partial charge in [-0.1, -0.05) is 5.92 Å². The summed E-state index contributed by atoms with van der Waals surface area (Å²) in [4.78, 5) is 0. The second kappa shape index (κ2) is 3.05. The van der Waals surface area contributed by atoms with Crippen LogP contribution in [0, 0.1) is 12.3 Å².